The second-order valence-corrected chi connectivity index (χ2v) is 3.77. The molecule has 4 N–H and O–H groups in total. The minimum atomic E-state index is -0.958. The number of anilines is 2. The molecule has 0 unspecified atom stereocenters. The third kappa shape index (κ3) is 2.89. The van der Waals surface area contributed by atoms with E-state index in [9.17, 15) is 4.79 Å². The van der Waals surface area contributed by atoms with E-state index in [1.165, 1.54) is 6.07 Å². The maximum absolute atomic E-state index is 11.0. The predicted molar refractivity (Wildman–Crippen MR) is 65.8 cm³/mol. The molecule has 0 aromatic heterocycles. The first kappa shape index (κ1) is 12.4. The van der Waals surface area contributed by atoms with Gasteiger partial charge in [-0.05, 0) is 31.0 Å². The van der Waals surface area contributed by atoms with Gasteiger partial charge in [-0.3, -0.25) is 0 Å². The number of aromatic carboxylic acids is 1. The number of carbonyl (C=O) groups is 1. The van der Waals surface area contributed by atoms with Gasteiger partial charge in [-0.25, -0.2) is 4.79 Å². The van der Waals surface area contributed by atoms with Crippen LogP contribution < -0.4 is 11.1 Å². The highest BCUT2D eigenvalue weighted by atomic mass is 16.4. The minimum Gasteiger partial charge on any atom is -0.478 e. The average molecular weight is 222 g/mol. The summed E-state index contributed by atoms with van der Waals surface area (Å²) in [7, 11) is 0. The van der Waals surface area contributed by atoms with Gasteiger partial charge in [0.05, 0.1) is 5.56 Å². The summed E-state index contributed by atoms with van der Waals surface area (Å²) in [5.41, 5.74) is 6.90. The van der Waals surface area contributed by atoms with Gasteiger partial charge in [0.15, 0.2) is 0 Å². The van der Waals surface area contributed by atoms with Gasteiger partial charge in [0.2, 0.25) is 0 Å². The molecule has 1 aromatic rings. The Morgan fingerprint density at radius 2 is 2.06 bits per heavy atom. The lowest BCUT2D eigenvalue weighted by molar-refractivity contribution is 0.0698. The molecule has 0 atom stereocenters. The molecule has 0 saturated heterocycles. The predicted octanol–water partition coefficient (Wildman–Crippen LogP) is 2.57. The fraction of sp³-hybridized carbons (Fsp3) is 0.417. The monoisotopic (exact) mass is 222 g/mol. The third-order valence-corrected chi connectivity index (χ3v) is 2.62. The third-order valence-electron chi connectivity index (χ3n) is 2.62. The first-order valence-electron chi connectivity index (χ1n) is 5.47. The summed E-state index contributed by atoms with van der Waals surface area (Å²) in [4.78, 5) is 11.0. The molecule has 88 valence electrons. The van der Waals surface area contributed by atoms with E-state index in [1.807, 2.05) is 0 Å². The zero-order chi connectivity index (χ0) is 12.1. The molecule has 4 nitrogen and oxygen atoms in total. The summed E-state index contributed by atoms with van der Waals surface area (Å²) >= 11 is 0. The highest BCUT2D eigenvalue weighted by Crippen LogP contribution is 2.21. The topological polar surface area (TPSA) is 75.3 Å². The Kier molecular flexibility index (Phi) is 4.17. The standard InChI is InChI=1S/C12H18N2O2/c1-3-9(4-2)14-11-6-5-8(13)7-10(11)12(15)16/h5-7,9,14H,3-4,13H2,1-2H3,(H,15,16). The van der Waals surface area contributed by atoms with Crippen LogP contribution in [0.5, 0.6) is 0 Å². The first-order chi connectivity index (χ1) is 7.58. The van der Waals surface area contributed by atoms with Gasteiger partial charge in [0.1, 0.15) is 0 Å². The molecule has 0 radical (unpaired) electrons. The van der Waals surface area contributed by atoms with Gasteiger partial charge in [0.25, 0.3) is 0 Å². The number of nitrogens with one attached hydrogen (secondary N) is 1. The number of benzene rings is 1. The largest absolute Gasteiger partial charge is 0.478 e. The number of rotatable bonds is 5. The number of carboxylic acid groups (broad SMARTS) is 1. The van der Waals surface area contributed by atoms with Gasteiger partial charge >= 0.3 is 5.97 Å². The molecular weight excluding hydrogens is 204 g/mol. The average Bonchev–Trinajstić information content (AvgIpc) is 2.27. The molecular formula is C12H18N2O2. The van der Waals surface area contributed by atoms with Crippen LogP contribution in [-0.4, -0.2) is 17.1 Å². The highest BCUT2D eigenvalue weighted by molar-refractivity contribution is 5.95. The summed E-state index contributed by atoms with van der Waals surface area (Å²) in [6, 6.07) is 5.20. The molecule has 0 aliphatic rings. The zero-order valence-electron chi connectivity index (χ0n) is 9.66. The van der Waals surface area contributed by atoms with Crippen LogP contribution in [0.2, 0.25) is 0 Å². The molecule has 1 rings (SSSR count). The Morgan fingerprint density at radius 3 is 2.56 bits per heavy atom. The fourth-order valence-electron chi connectivity index (χ4n) is 1.58. The number of hydrogen-bond acceptors (Lipinski definition) is 3. The maximum atomic E-state index is 11.0. The summed E-state index contributed by atoms with van der Waals surface area (Å²) in [6.45, 7) is 4.14. The number of carboxylic acids is 1. The Bertz CT molecular complexity index is 373. The van der Waals surface area contributed by atoms with Gasteiger partial charge in [-0.15, -0.1) is 0 Å². The molecule has 0 bridgehead atoms. The van der Waals surface area contributed by atoms with Crippen LogP contribution in [0.1, 0.15) is 37.0 Å². The number of hydrogen-bond donors (Lipinski definition) is 3. The van der Waals surface area contributed by atoms with Gasteiger partial charge in [-0.1, -0.05) is 13.8 Å². The molecule has 1 aromatic carbocycles. The molecule has 0 fully saturated rings. The summed E-state index contributed by atoms with van der Waals surface area (Å²) in [6.07, 6.45) is 1.92. The van der Waals surface area contributed by atoms with Gasteiger partial charge in [-0.2, -0.15) is 0 Å². The number of nitrogens with two attached hydrogens (primary N) is 1. The van der Waals surface area contributed by atoms with Crippen molar-refractivity contribution in [2.45, 2.75) is 32.7 Å². The van der Waals surface area contributed by atoms with Crippen LogP contribution >= 0.6 is 0 Å². The van der Waals surface area contributed by atoms with Crippen LogP contribution in [0.25, 0.3) is 0 Å². The summed E-state index contributed by atoms with van der Waals surface area (Å²) in [5, 5.41) is 12.3. The normalized spacial score (nSPS) is 10.4. The van der Waals surface area contributed by atoms with E-state index in [-0.39, 0.29) is 5.56 Å². The Hall–Kier alpha value is -1.71. The van der Waals surface area contributed by atoms with E-state index < -0.39 is 5.97 Å². The van der Waals surface area contributed by atoms with E-state index >= 15 is 0 Å². The van der Waals surface area contributed by atoms with Crippen molar-refractivity contribution >= 4 is 17.3 Å². The molecule has 0 aliphatic carbocycles. The van der Waals surface area contributed by atoms with E-state index in [0.717, 1.165) is 12.8 Å². The maximum Gasteiger partial charge on any atom is 0.337 e. The SMILES string of the molecule is CCC(CC)Nc1ccc(N)cc1C(=O)O. The van der Waals surface area contributed by atoms with Crippen LogP contribution in [0.3, 0.4) is 0 Å². The van der Waals surface area contributed by atoms with Crippen molar-refractivity contribution in [1.82, 2.24) is 0 Å². The van der Waals surface area contributed by atoms with E-state index in [1.54, 1.807) is 12.1 Å². The minimum absolute atomic E-state index is 0.229. The second kappa shape index (κ2) is 5.39. The molecule has 0 amide bonds. The van der Waals surface area contributed by atoms with Gasteiger partial charge in [0, 0.05) is 17.4 Å². The summed E-state index contributed by atoms with van der Waals surface area (Å²) in [5.74, 6) is -0.958. The Balaban J connectivity index is 2.98. The van der Waals surface area contributed by atoms with Crippen molar-refractivity contribution in [3.05, 3.63) is 23.8 Å². The Morgan fingerprint density at radius 1 is 1.44 bits per heavy atom. The molecule has 4 heteroatoms. The fourth-order valence-corrected chi connectivity index (χ4v) is 1.58. The van der Waals surface area contributed by atoms with Crippen LogP contribution in [0, 0.1) is 0 Å². The van der Waals surface area contributed by atoms with Crippen molar-refractivity contribution in [1.29, 1.82) is 0 Å². The van der Waals surface area contributed by atoms with Gasteiger partial charge < -0.3 is 16.2 Å². The Labute approximate surface area is 95.5 Å². The van der Waals surface area contributed by atoms with Crippen molar-refractivity contribution < 1.29 is 9.90 Å². The first-order valence-corrected chi connectivity index (χ1v) is 5.47. The molecule has 0 saturated carbocycles. The molecule has 0 heterocycles. The van der Waals surface area contributed by atoms with Crippen LogP contribution in [0.15, 0.2) is 18.2 Å². The molecule has 0 aliphatic heterocycles. The molecule has 16 heavy (non-hydrogen) atoms. The second-order valence-electron chi connectivity index (χ2n) is 3.77. The van der Waals surface area contributed by atoms with Crippen molar-refractivity contribution in [3.63, 3.8) is 0 Å². The molecule has 0 spiro atoms. The van der Waals surface area contributed by atoms with E-state index in [2.05, 4.69) is 19.2 Å². The van der Waals surface area contributed by atoms with E-state index in [4.69, 9.17) is 10.8 Å². The van der Waals surface area contributed by atoms with Crippen molar-refractivity contribution in [3.8, 4) is 0 Å². The number of nitrogen functional groups attached to an aromatic ring is 1. The lowest BCUT2D eigenvalue weighted by atomic mass is 10.1. The quantitative estimate of drug-likeness (QED) is 0.669. The lowest BCUT2D eigenvalue weighted by Crippen LogP contribution is -2.19. The van der Waals surface area contributed by atoms with Crippen molar-refractivity contribution in [2.24, 2.45) is 0 Å². The van der Waals surface area contributed by atoms with E-state index in [0.29, 0.717) is 17.4 Å². The van der Waals surface area contributed by atoms with Crippen LogP contribution in [-0.2, 0) is 0 Å². The lowest BCUT2D eigenvalue weighted by Gasteiger charge is -2.18. The zero-order valence-corrected chi connectivity index (χ0v) is 9.66. The highest BCUT2D eigenvalue weighted by Gasteiger charge is 2.12. The van der Waals surface area contributed by atoms with Crippen LogP contribution in [0.4, 0.5) is 11.4 Å². The summed E-state index contributed by atoms with van der Waals surface area (Å²) < 4.78 is 0. The smallest absolute Gasteiger partial charge is 0.337 e. The van der Waals surface area contributed by atoms with Crippen molar-refractivity contribution in [2.75, 3.05) is 11.1 Å².